The Morgan fingerprint density at radius 1 is 1.32 bits per heavy atom. The van der Waals surface area contributed by atoms with E-state index in [9.17, 15) is 13.5 Å². The van der Waals surface area contributed by atoms with Crippen LogP contribution in [0.4, 0.5) is 0 Å². The molecule has 19 heavy (non-hydrogen) atoms. The second-order valence-electron chi connectivity index (χ2n) is 4.65. The number of sulfone groups is 1. The highest BCUT2D eigenvalue weighted by atomic mass is 32.2. The van der Waals surface area contributed by atoms with Crippen LogP contribution in [0, 0.1) is 0 Å². The fourth-order valence-electron chi connectivity index (χ4n) is 1.51. The molecule has 6 heteroatoms. The maximum absolute atomic E-state index is 11.6. The second-order valence-corrected chi connectivity index (χ2v) is 7.26. The third kappa shape index (κ3) is 4.81. The van der Waals surface area contributed by atoms with Gasteiger partial charge in [-0.15, -0.1) is 0 Å². The number of nitrogens with two attached hydrogens (primary N) is 1. The number of ether oxygens (including phenoxy) is 1. The lowest BCUT2D eigenvalue weighted by atomic mass is 10.2. The minimum atomic E-state index is -3.27. The molecule has 0 aliphatic carbocycles. The van der Waals surface area contributed by atoms with Gasteiger partial charge < -0.3 is 15.6 Å². The molecule has 0 aromatic heterocycles. The average molecular weight is 287 g/mol. The quantitative estimate of drug-likeness (QED) is 0.771. The Kier molecular flexibility index (Phi) is 5.78. The van der Waals surface area contributed by atoms with Crippen molar-refractivity contribution in [3.63, 3.8) is 0 Å². The smallest absolute Gasteiger partial charge is 0.155 e. The Morgan fingerprint density at radius 3 is 2.53 bits per heavy atom. The van der Waals surface area contributed by atoms with Crippen molar-refractivity contribution in [1.82, 2.24) is 0 Å². The van der Waals surface area contributed by atoms with Crippen molar-refractivity contribution in [3.8, 4) is 5.75 Å². The SMILES string of the molecule is CC(C)S(=O)(=O)CC(O)COc1ccccc1CN. The largest absolute Gasteiger partial charge is 0.491 e. The van der Waals surface area contributed by atoms with Gasteiger partial charge in [0.1, 0.15) is 18.5 Å². The van der Waals surface area contributed by atoms with Gasteiger partial charge in [0.25, 0.3) is 0 Å². The molecule has 1 rings (SSSR count). The fourth-order valence-corrected chi connectivity index (χ4v) is 2.53. The number of para-hydroxylation sites is 1. The lowest BCUT2D eigenvalue weighted by Gasteiger charge is -2.15. The number of hydrogen-bond acceptors (Lipinski definition) is 5. The molecule has 0 aliphatic heterocycles. The first-order valence-electron chi connectivity index (χ1n) is 6.17. The monoisotopic (exact) mass is 287 g/mol. The van der Waals surface area contributed by atoms with Crippen LogP contribution in [0.2, 0.25) is 0 Å². The first kappa shape index (κ1) is 15.9. The van der Waals surface area contributed by atoms with E-state index in [-0.39, 0.29) is 12.4 Å². The van der Waals surface area contributed by atoms with Gasteiger partial charge in [-0.25, -0.2) is 8.42 Å². The van der Waals surface area contributed by atoms with Crippen LogP contribution in [0.1, 0.15) is 19.4 Å². The zero-order valence-electron chi connectivity index (χ0n) is 11.2. The summed E-state index contributed by atoms with van der Waals surface area (Å²) in [6, 6.07) is 7.21. The van der Waals surface area contributed by atoms with Crippen molar-refractivity contribution < 1.29 is 18.3 Å². The van der Waals surface area contributed by atoms with Crippen molar-refractivity contribution in [2.24, 2.45) is 5.73 Å². The van der Waals surface area contributed by atoms with Crippen LogP contribution in [0.15, 0.2) is 24.3 Å². The molecule has 0 radical (unpaired) electrons. The van der Waals surface area contributed by atoms with E-state index in [1.54, 1.807) is 26.0 Å². The van der Waals surface area contributed by atoms with Gasteiger partial charge in [-0.1, -0.05) is 18.2 Å². The van der Waals surface area contributed by atoms with E-state index in [1.807, 2.05) is 12.1 Å². The summed E-state index contributed by atoms with van der Waals surface area (Å²) in [6.45, 7) is 3.44. The Bertz CT molecular complexity index is 499. The molecule has 5 nitrogen and oxygen atoms in total. The minimum absolute atomic E-state index is 0.0665. The Morgan fingerprint density at radius 2 is 1.95 bits per heavy atom. The van der Waals surface area contributed by atoms with Crippen LogP contribution in [0.25, 0.3) is 0 Å². The molecule has 0 fully saturated rings. The number of benzene rings is 1. The highest BCUT2D eigenvalue weighted by Crippen LogP contribution is 2.17. The molecule has 0 saturated heterocycles. The number of rotatable bonds is 7. The van der Waals surface area contributed by atoms with Gasteiger partial charge in [-0.05, 0) is 19.9 Å². The summed E-state index contributed by atoms with van der Waals surface area (Å²) >= 11 is 0. The molecule has 0 bridgehead atoms. The van der Waals surface area contributed by atoms with Crippen molar-refractivity contribution in [2.45, 2.75) is 31.7 Å². The maximum Gasteiger partial charge on any atom is 0.155 e. The first-order chi connectivity index (χ1) is 8.86. The number of aliphatic hydroxyl groups is 1. The summed E-state index contributed by atoms with van der Waals surface area (Å²) in [5.74, 6) is 0.279. The predicted octanol–water partition coefficient (Wildman–Crippen LogP) is 0.708. The molecule has 1 unspecified atom stereocenters. The van der Waals surface area contributed by atoms with Crippen LogP contribution in [-0.4, -0.2) is 37.2 Å². The van der Waals surface area contributed by atoms with Gasteiger partial charge in [0.2, 0.25) is 0 Å². The highest BCUT2D eigenvalue weighted by Gasteiger charge is 2.21. The van der Waals surface area contributed by atoms with Gasteiger partial charge in [-0.3, -0.25) is 0 Å². The van der Waals surface area contributed by atoms with Crippen molar-refractivity contribution in [3.05, 3.63) is 29.8 Å². The van der Waals surface area contributed by atoms with E-state index in [4.69, 9.17) is 10.5 Å². The third-order valence-electron chi connectivity index (χ3n) is 2.77. The lowest BCUT2D eigenvalue weighted by Crippen LogP contribution is -2.31. The number of aliphatic hydroxyl groups excluding tert-OH is 1. The molecule has 0 aliphatic rings. The molecule has 0 saturated carbocycles. The summed E-state index contributed by atoms with van der Waals surface area (Å²) in [7, 11) is -3.27. The molecule has 1 atom stereocenters. The standard InChI is InChI=1S/C13H21NO4S/c1-10(2)19(16,17)9-12(15)8-18-13-6-4-3-5-11(13)7-14/h3-6,10,12,15H,7-9,14H2,1-2H3. The molecule has 3 N–H and O–H groups in total. The minimum Gasteiger partial charge on any atom is -0.491 e. The van der Waals surface area contributed by atoms with Crippen LogP contribution in [0.5, 0.6) is 5.75 Å². The van der Waals surface area contributed by atoms with E-state index in [1.165, 1.54) is 0 Å². The van der Waals surface area contributed by atoms with Crippen LogP contribution >= 0.6 is 0 Å². The molecular formula is C13H21NO4S. The van der Waals surface area contributed by atoms with E-state index in [0.29, 0.717) is 12.3 Å². The van der Waals surface area contributed by atoms with E-state index < -0.39 is 21.2 Å². The zero-order valence-corrected chi connectivity index (χ0v) is 12.1. The number of hydrogen-bond donors (Lipinski definition) is 2. The van der Waals surface area contributed by atoms with Gasteiger partial charge >= 0.3 is 0 Å². The third-order valence-corrected chi connectivity index (χ3v) is 5.05. The molecule has 0 heterocycles. The Labute approximate surface area is 114 Å². The Balaban J connectivity index is 2.57. The molecule has 1 aromatic carbocycles. The van der Waals surface area contributed by atoms with Gasteiger partial charge in [0.15, 0.2) is 9.84 Å². The van der Waals surface area contributed by atoms with Crippen LogP contribution in [-0.2, 0) is 16.4 Å². The summed E-state index contributed by atoms with van der Waals surface area (Å²) in [4.78, 5) is 0. The van der Waals surface area contributed by atoms with Crippen molar-refractivity contribution in [2.75, 3.05) is 12.4 Å². The van der Waals surface area contributed by atoms with E-state index in [2.05, 4.69) is 0 Å². The van der Waals surface area contributed by atoms with E-state index >= 15 is 0 Å². The Hall–Kier alpha value is -1.11. The van der Waals surface area contributed by atoms with Gasteiger partial charge in [-0.2, -0.15) is 0 Å². The van der Waals surface area contributed by atoms with Crippen molar-refractivity contribution in [1.29, 1.82) is 0 Å². The van der Waals surface area contributed by atoms with E-state index in [0.717, 1.165) is 5.56 Å². The zero-order chi connectivity index (χ0) is 14.5. The van der Waals surface area contributed by atoms with Gasteiger partial charge in [0, 0.05) is 12.1 Å². The highest BCUT2D eigenvalue weighted by molar-refractivity contribution is 7.92. The molecule has 108 valence electrons. The second kappa shape index (κ2) is 6.88. The van der Waals surface area contributed by atoms with Gasteiger partial charge in [0.05, 0.1) is 11.0 Å². The topological polar surface area (TPSA) is 89.6 Å². The fraction of sp³-hybridized carbons (Fsp3) is 0.538. The van der Waals surface area contributed by atoms with Crippen molar-refractivity contribution >= 4 is 9.84 Å². The van der Waals surface area contributed by atoms with Crippen LogP contribution < -0.4 is 10.5 Å². The average Bonchev–Trinajstić information content (AvgIpc) is 2.36. The summed E-state index contributed by atoms with van der Waals surface area (Å²) in [5.41, 5.74) is 6.38. The van der Waals surface area contributed by atoms with Crippen LogP contribution in [0.3, 0.4) is 0 Å². The molecular weight excluding hydrogens is 266 g/mol. The molecule has 0 spiro atoms. The normalized spacial score (nSPS) is 13.5. The lowest BCUT2D eigenvalue weighted by molar-refractivity contribution is 0.124. The molecule has 1 aromatic rings. The molecule has 0 amide bonds. The summed E-state index contributed by atoms with van der Waals surface area (Å²) < 4.78 is 28.7. The summed E-state index contributed by atoms with van der Waals surface area (Å²) in [6.07, 6.45) is -1.04. The predicted molar refractivity (Wildman–Crippen MR) is 74.8 cm³/mol. The maximum atomic E-state index is 11.6. The first-order valence-corrected chi connectivity index (χ1v) is 7.88. The summed E-state index contributed by atoms with van der Waals surface area (Å²) in [5, 5.41) is 9.22.